The minimum absolute atomic E-state index is 0.167. The highest BCUT2D eigenvalue weighted by atomic mass is 35.5. The second kappa shape index (κ2) is 5.18. The number of carbonyl (C=O) groups is 1. The van der Waals surface area contributed by atoms with Gasteiger partial charge in [0.1, 0.15) is 11.5 Å². The summed E-state index contributed by atoms with van der Waals surface area (Å²) in [6, 6.07) is 6.92. The van der Waals surface area contributed by atoms with Gasteiger partial charge in [-0.25, -0.2) is 0 Å². The van der Waals surface area contributed by atoms with Gasteiger partial charge in [-0.1, -0.05) is 17.7 Å². The number of phenolic OH excluding ortho intramolecular Hbond substituents is 1. The number of aryl methyl sites for hydroxylation is 2. The van der Waals surface area contributed by atoms with Crippen LogP contribution < -0.4 is 4.74 Å². The van der Waals surface area contributed by atoms with Crippen molar-refractivity contribution in [1.29, 1.82) is 0 Å². The number of ether oxygens (including phenoxy) is 1. The Morgan fingerprint density at radius 2 is 1.86 bits per heavy atom. The normalized spacial score (nSPS) is 15.1. The highest BCUT2D eigenvalue weighted by Crippen LogP contribution is 2.39. The molecule has 0 spiro atoms. The lowest BCUT2D eigenvalue weighted by Crippen LogP contribution is -2.00. The largest absolute Gasteiger partial charge is 0.508 e. The van der Waals surface area contributed by atoms with Crippen LogP contribution in [0.5, 0.6) is 11.5 Å². The molecule has 0 saturated carbocycles. The predicted octanol–water partition coefficient (Wildman–Crippen LogP) is 4.59. The number of Topliss-reactive ketones (excluding diaryl/α,β-unsaturated/α-hetero) is 1. The highest BCUT2D eigenvalue weighted by molar-refractivity contribution is 6.33. The van der Waals surface area contributed by atoms with E-state index in [-0.39, 0.29) is 17.3 Å². The molecular formula is C18H15ClO3. The minimum Gasteiger partial charge on any atom is -0.508 e. The molecule has 2 aromatic rings. The van der Waals surface area contributed by atoms with Crippen molar-refractivity contribution in [2.75, 3.05) is 0 Å². The lowest BCUT2D eigenvalue weighted by atomic mass is 10.0. The van der Waals surface area contributed by atoms with E-state index in [1.165, 1.54) is 0 Å². The van der Waals surface area contributed by atoms with Crippen LogP contribution in [0.25, 0.3) is 6.08 Å². The Morgan fingerprint density at radius 3 is 2.55 bits per heavy atom. The first-order chi connectivity index (χ1) is 10.4. The van der Waals surface area contributed by atoms with Crippen LogP contribution in [-0.4, -0.2) is 10.9 Å². The summed E-state index contributed by atoms with van der Waals surface area (Å²) in [6.07, 6.45) is 1.68. The second-order valence-corrected chi connectivity index (χ2v) is 5.87. The van der Waals surface area contributed by atoms with E-state index >= 15 is 0 Å². The molecule has 0 fully saturated rings. The zero-order valence-electron chi connectivity index (χ0n) is 12.5. The SMILES string of the molecule is Cc1cc(/C=C2\Oc3cc(C)c(Cl)c(C)c3C2=O)ccc1O. The zero-order valence-corrected chi connectivity index (χ0v) is 13.3. The van der Waals surface area contributed by atoms with Gasteiger partial charge in [0.05, 0.1) is 5.56 Å². The average molecular weight is 315 g/mol. The van der Waals surface area contributed by atoms with Crippen molar-refractivity contribution >= 4 is 23.5 Å². The number of aromatic hydroxyl groups is 1. The van der Waals surface area contributed by atoms with Gasteiger partial charge in [-0.3, -0.25) is 4.79 Å². The molecule has 4 heteroatoms. The van der Waals surface area contributed by atoms with Gasteiger partial charge in [-0.2, -0.15) is 0 Å². The Bertz CT molecular complexity index is 835. The van der Waals surface area contributed by atoms with Gasteiger partial charge in [0.15, 0.2) is 5.76 Å². The number of allylic oxidation sites excluding steroid dienone is 1. The number of hydrogen-bond acceptors (Lipinski definition) is 3. The lowest BCUT2D eigenvalue weighted by molar-refractivity contribution is 0.101. The Kier molecular flexibility index (Phi) is 3.45. The van der Waals surface area contributed by atoms with Crippen molar-refractivity contribution < 1.29 is 14.6 Å². The molecule has 1 N–H and O–H groups in total. The standard InChI is InChI=1S/C18H15ClO3/c1-9-6-12(4-5-13(9)20)8-15-18(21)16-11(3)17(19)10(2)7-14(16)22-15/h4-8,20H,1-3H3/b15-8-. The van der Waals surface area contributed by atoms with Crippen molar-refractivity contribution in [3.05, 3.63) is 62.9 Å². The molecule has 1 aliphatic heterocycles. The lowest BCUT2D eigenvalue weighted by Gasteiger charge is -2.05. The summed E-state index contributed by atoms with van der Waals surface area (Å²) >= 11 is 6.22. The molecule has 0 amide bonds. The van der Waals surface area contributed by atoms with E-state index in [1.54, 1.807) is 37.3 Å². The van der Waals surface area contributed by atoms with Crippen LogP contribution in [0.15, 0.2) is 30.0 Å². The van der Waals surface area contributed by atoms with Gasteiger partial charge in [0, 0.05) is 5.02 Å². The number of benzene rings is 2. The van der Waals surface area contributed by atoms with Crippen molar-refractivity contribution in [2.45, 2.75) is 20.8 Å². The van der Waals surface area contributed by atoms with E-state index in [4.69, 9.17) is 16.3 Å². The summed E-state index contributed by atoms with van der Waals surface area (Å²) in [4.78, 5) is 12.5. The maximum atomic E-state index is 12.5. The minimum atomic E-state index is -0.167. The summed E-state index contributed by atoms with van der Waals surface area (Å²) in [5, 5.41) is 10.2. The molecule has 3 nitrogen and oxygen atoms in total. The quantitative estimate of drug-likeness (QED) is 0.783. The molecule has 0 unspecified atom stereocenters. The third-order valence-corrected chi connectivity index (χ3v) is 4.42. The van der Waals surface area contributed by atoms with Crippen molar-refractivity contribution in [1.82, 2.24) is 0 Å². The maximum Gasteiger partial charge on any atom is 0.232 e. The van der Waals surface area contributed by atoms with Crippen LogP contribution in [0.1, 0.15) is 32.6 Å². The third kappa shape index (κ3) is 2.28. The number of rotatable bonds is 1. The molecule has 112 valence electrons. The number of ketones is 1. The van der Waals surface area contributed by atoms with Crippen LogP contribution in [0, 0.1) is 20.8 Å². The van der Waals surface area contributed by atoms with E-state index in [0.717, 1.165) is 22.3 Å². The van der Waals surface area contributed by atoms with Gasteiger partial charge in [-0.15, -0.1) is 0 Å². The molecule has 0 atom stereocenters. The van der Waals surface area contributed by atoms with Gasteiger partial charge >= 0.3 is 0 Å². The summed E-state index contributed by atoms with van der Waals surface area (Å²) in [6.45, 7) is 5.51. The van der Waals surface area contributed by atoms with Crippen LogP contribution in [0.2, 0.25) is 5.02 Å². The molecule has 0 radical (unpaired) electrons. The van der Waals surface area contributed by atoms with Crippen molar-refractivity contribution in [3.8, 4) is 11.5 Å². The number of halogens is 1. The average Bonchev–Trinajstić information content (AvgIpc) is 2.77. The predicted molar refractivity (Wildman–Crippen MR) is 86.7 cm³/mol. The number of carbonyl (C=O) groups excluding carboxylic acids is 1. The van der Waals surface area contributed by atoms with Crippen molar-refractivity contribution in [3.63, 3.8) is 0 Å². The fourth-order valence-corrected chi connectivity index (χ4v) is 2.74. The second-order valence-electron chi connectivity index (χ2n) is 5.49. The van der Waals surface area contributed by atoms with Gasteiger partial charge < -0.3 is 9.84 Å². The molecule has 0 aliphatic carbocycles. The Balaban J connectivity index is 2.05. The molecule has 22 heavy (non-hydrogen) atoms. The number of phenols is 1. The first kappa shape index (κ1) is 14.7. The molecule has 0 saturated heterocycles. The van der Waals surface area contributed by atoms with Gasteiger partial charge in [-0.05, 0) is 67.3 Å². The summed E-state index contributed by atoms with van der Waals surface area (Å²) in [7, 11) is 0. The highest BCUT2D eigenvalue weighted by Gasteiger charge is 2.30. The van der Waals surface area contributed by atoms with Crippen molar-refractivity contribution in [2.24, 2.45) is 0 Å². The monoisotopic (exact) mass is 314 g/mol. The summed E-state index contributed by atoms with van der Waals surface area (Å²) in [5.74, 6) is 0.874. The number of hydrogen-bond donors (Lipinski definition) is 1. The fraction of sp³-hybridized carbons (Fsp3) is 0.167. The fourth-order valence-electron chi connectivity index (χ4n) is 2.59. The number of fused-ring (bicyclic) bond motifs is 1. The van der Waals surface area contributed by atoms with Gasteiger partial charge in [0.2, 0.25) is 5.78 Å². The first-order valence-electron chi connectivity index (χ1n) is 6.92. The summed E-state index contributed by atoms with van der Waals surface area (Å²) < 4.78 is 5.70. The summed E-state index contributed by atoms with van der Waals surface area (Å²) in [5.41, 5.74) is 3.69. The van der Waals surface area contributed by atoms with Crippen LogP contribution in [-0.2, 0) is 0 Å². The van der Waals surface area contributed by atoms with E-state index in [1.807, 2.05) is 13.8 Å². The van der Waals surface area contributed by atoms with Crippen LogP contribution in [0.3, 0.4) is 0 Å². The van der Waals surface area contributed by atoms with E-state index in [2.05, 4.69) is 0 Å². The molecule has 3 rings (SSSR count). The topological polar surface area (TPSA) is 46.5 Å². The molecular weight excluding hydrogens is 300 g/mol. The maximum absolute atomic E-state index is 12.5. The Labute approximate surface area is 133 Å². The van der Waals surface area contributed by atoms with E-state index in [0.29, 0.717) is 16.3 Å². The smallest absolute Gasteiger partial charge is 0.232 e. The first-order valence-corrected chi connectivity index (χ1v) is 7.30. The zero-order chi connectivity index (χ0) is 16.0. The molecule has 2 aromatic carbocycles. The third-order valence-electron chi connectivity index (χ3n) is 3.83. The van der Waals surface area contributed by atoms with E-state index in [9.17, 15) is 9.90 Å². The molecule has 0 bridgehead atoms. The van der Waals surface area contributed by atoms with Gasteiger partial charge in [0.25, 0.3) is 0 Å². The Hall–Kier alpha value is -2.26. The van der Waals surface area contributed by atoms with E-state index < -0.39 is 0 Å². The van der Waals surface area contributed by atoms with Crippen LogP contribution in [0.4, 0.5) is 0 Å². The molecule has 1 heterocycles. The molecule has 1 aliphatic rings. The van der Waals surface area contributed by atoms with Crippen LogP contribution >= 0.6 is 11.6 Å². The molecule has 0 aromatic heterocycles. The Morgan fingerprint density at radius 1 is 1.14 bits per heavy atom.